The van der Waals surface area contributed by atoms with Gasteiger partial charge in [-0.2, -0.15) is 0 Å². The molecule has 0 aromatic heterocycles. The van der Waals surface area contributed by atoms with Crippen molar-refractivity contribution >= 4 is 17.4 Å². The monoisotopic (exact) mass is 298 g/mol. The number of thioether (sulfide) groups is 1. The van der Waals surface area contributed by atoms with Gasteiger partial charge in [-0.1, -0.05) is 43.3 Å². The van der Waals surface area contributed by atoms with Crippen LogP contribution >= 0.6 is 11.8 Å². The fourth-order valence-corrected chi connectivity index (χ4v) is 4.24. The number of anilines is 1. The molecule has 2 N–H and O–H groups in total. The smallest absolute Gasteiger partial charge is 0.0359 e. The van der Waals surface area contributed by atoms with Crippen LogP contribution in [0, 0.1) is 0 Å². The van der Waals surface area contributed by atoms with Crippen molar-refractivity contribution in [3.05, 3.63) is 59.7 Å². The third kappa shape index (κ3) is 3.42. The van der Waals surface area contributed by atoms with E-state index in [1.807, 2.05) is 23.9 Å². The van der Waals surface area contributed by atoms with E-state index in [4.69, 9.17) is 5.73 Å². The maximum Gasteiger partial charge on any atom is 0.0359 e. The summed E-state index contributed by atoms with van der Waals surface area (Å²) in [6.07, 6.45) is 1.18. The van der Waals surface area contributed by atoms with Gasteiger partial charge in [0.1, 0.15) is 0 Å². The fourth-order valence-electron chi connectivity index (χ4n) is 2.87. The van der Waals surface area contributed by atoms with Crippen molar-refractivity contribution in [3.8, 4) is 0 Å². The Balaban J connectivity index is 1.63. The van der Waals surface area contributed by atoms with Gasteiger partial charge in [-0.25, -0.2) is 0 Å². The molecule has 0 amide bonds. The first-order valence-corrected chi connectivity index (χ1v) is 8.44. The molecule has 1 atom stereocenters. The van der Waals surface area contributed by atoms with Gasteiger partial charge in [0.05, 0.1) is 0 Å². The Labute approximate surface area is 131 Å². The number of para-hydroxylation sites is 1. The molecule has 0 radical (unpaired) electrons. The van der Waals surface area contributed by atoms with Crippen LogP contribution < -0.4 is 5.73 Å². The van der Waals surface area contributed by atoms with Crippen molar-refractivity contribution in [3.63, 3.8) is 0 Å². The molecule has 0 aliphatic carbocycles. The third-order valence-electron chi connectivity index (χ3n) is 4.07. The molecule has 1 aliphatic heterocycles. The average molecular weight is 298 g/mol. The number of nitrogen functional groups attached to an aromatic ring is 1. The Morgan fingerprint density at radius 1 is 1.14 bits per heavy atom. The van der Waals surface area contributed by atoms with Gasteiger partial charge >= 0.3 is 0 Å². The zero-order valence-electron chi connectivity index (χ0n) is 12.5. The molecule has 1 unspecified atom stereocenters. The molecular weight excluding hydrogens is 276 g/mol. The minimum Gasteiger partial charge on any atom is -0.398 e. The van der Waals surface area contributed by atoms with E-state index in [1.54, 1.807) is 0 Å². The van der Waals surface area contributed by atoms with Gasteiger partial charge in [0.15, 0.2) is 0 Å². The first-order chi connectivity index (χ1) is 10.3. The number of rotatable bonds is 5. The Morgan fingerprint density at radius 2 is 1.90 bits per heavy atom. The highest BCUT2D eigenvalue weighted by Gasteiger charge is 2.23. The Bertz CT molecular complexity index is 587. The summed E-state index contributed by atoms with van der Waals surface area (Å²) in [5, 5.41) is 0.660. The van der Waals surface area contributed by atoms with Crippen LogP contribution in [0.5, 0.6) is 0 Å². The van der Waals surface area contributed by atoms with Crippen molar-refractivity contribution in [2.45, 2.75) is 30.0 Å². The van der Waals surface area contributed by atoms with E-state index in [9.17, 15) is 0 Å². The van der Waals surface area contributed by atoms with Crippen LogP contribution in [0.1, 0.15) is 18.1 Å². The van der Waals surface area contributed by atoms with E-state index in [0.29, 0.717) is 5.25 Å². The number of nitrogens with zero attached hydrogens (tertiary/aromatic N) is 1. The van der Waals surface area contributed by atoms with E-state index in [0.717, 1.165) is 25.3 Å². The maximum absolute atomic E-state index is 6.07. The molecule has 0 fully saturated rings. The standard InChI is InChI=1S/C18H22N2S/c1-2-20(12-15-8-3-5-9-17(15)19)13-16-11-14-7-4-6-10-18(14)21-16/h3-10,16H,2,11-13,19H2,1H3. The molecule has 0 bridgehead atoms. The number of fused-ring (bicyclic) bond motifs is 1. The first-order valence-electron chi connectivity index (χ1n) is 7.56. The lowest BCUT2D eigenvalue weighted by Crippen LogP contribution is -2.30. The van der Waals surface area contributed by atoms with Crippen LogP contribution in [0.15, 0.2) is 53.4 Å². The van der Waals surface area contributed by atoms with Gasteiger partial charge in [0.25, 0.3) is 0 Å². The number of hydrogen-bond donors (Lipinski definition) is 1. The molecule has 110 valence electrons. The largest absolute Gasteiger partial charge is 0.398 e. The maximum atomic E-state index is 6.07. The van der Waals surface area contributed by atoms with E-state index >= 15 is 0 Å². The summed E-state index contributed by atoms with van der Waals surface area (Å²) in [7, 11) is 0. The van der Waals surface area contributed by atoms with Gasteiger partial charge in [0.2, 0.25) is 0 Å². The predicted molar refractivity (Wildman–Crippen MR) is 91.6 cm³/mol. The summed E-state index contributed by atoms with van der Waals surface area (Å²) in [6, 6.07) is 17.0. The van der Waals surface area contributed by atoms with Crippen molar-refractivity contribution in [1.82, 2.24) is 4.90 Å². The average Bonchev–Trinajstić information content (AvgIpc) is 2.91. The summed E-state index contributed by atoms with van der Waals surface area (Å²) in [4.78, 5) is 3.95. The first kappa shape index (κ1) is 14.5. The summed E-state index contributed by atoms with van der Waals surface area (Å²) in [5.74, 6) is 0. The lowest BCUT2D eigenvalue weighted by Gasteiger charge is -2.24. The van der Waals surface area contributed by atoms with E-state index in [2.05, 4.69) is 48.2 Å². The van der Waals surface area contributed by atoms with Crippen molar-refractivity contribution in [1.29, 1.82) is 0 Å². The van der Waals surface area contributed by atoms with Crippen LogP contribution in [0.4, 0.5) is 5.69 Å². The molecule has 2 aromatic rings. The second-order valence-electron chi connectivity index (χ2n) is 5.58. The summed E-state index contributed by atoms with van der Waals surface area (Å²) < 4.78 is 0. The topological polar surface area (TPSA) is 29.3 Å². The zero-order valence-corrected chi connectivity index (χ0v) is 13.3. The Hall–Kier alpha value is -1.45. The lowest BCUT2D eigenvalue weighted by molar-refractivity contribution is 0.281. The van der Waals surface area contributed by atoms with E-state index in [1.165, 1.54) is 22.4 Å². The quantitative estimate of drug-likeness (QED) is 0.851. The molecular formula is C18H22N2S. The molecule has 1 heterocycles. The summed E-state index contributed by atoms with van der Waals surface area (Å²) >= 11 is 2.02. The highest BCUT2D eigenvalue weighted by molar-refractivity contribution is 8.00. The Morgan fingerprint density at radius 3 is 2.67 bits per heavy atom. The molecule has 0 spiro atoms. The third-order valence-corrected chi connectivity index (χ3v) is 5.37. The van der Waals surface area contributed by atoms with Gasteiger partial charge in [-0.05, 0) is 36.2 Å². The van der Waals surface area contributed by atoms with Crippen LogP contribution in [0.3, 0.4) is 0 Å². The molecule has 2 nitrogen and oxygen atoms in total. The number of nitrogens with two attached hydrogens (primary N) is 1. The Kier molecular flexibility index (Phi) is 4.51. The molecule has 0 saturated heterocycles. The van der Waals surface area contributed by atoms with Gasteiger partial charge in [-0.3, -0.25) is 4.90 Å². The van der Waals surface area contributed by atoms with Gasteiger partial charge in [-0.15, -0.1) is 11.8 Å². The molecule has 2 aromatic carbocycles. The van der Waals surface area contributed by atoms with Crippen LogP contribution in [-0.4, -0.2) is 23.2 Å². The second kappa shape index (κ2) is 6.54. The number of hydrogen-bond acceptors (Lipinski definition) is 3. The van der Waals surface area contributed by atoms with Crippen molar-refractivity contribution in [2.75, 3.05) is 18.8 Å². The molecule has 21 heavy (non-hydrogen) atoms. The minimum atomic E-state index is 0.660. The fraction of sp³-hybridized carbons (Fsp3) is 0.333. The van der Waals surface area contributed by atoms with Crippen LogP contribution in [0.25, 0.3) is 0 Å². The summed E-state index contributed by atoms with van der Waals surface area (Å²) in [6.45, 7) is 5.34. The normalized spacial score (nSPS) is 17.1. The zero-order chi connectivity index (χ0) is 14.7. The van der Waals surface area contributed by atoms with E-state index < -0.39 is 0 Å². The van der Waals surface area contributed by atoms with Crippen LogP contribution in [-0.2, 0) is 13.0 Å². The van der Waals surface area contributed by atoms with Crippen molar-refractivity contribution in [2.24, 2.45) is 0 Å². The second-order valence-corrected chi connectivity index (χ2v) is 6.92. The van der Waals surface area contributed by atoms with Gasteiger partial charge < -0.3 is 5.73 Å². The lowest BCUT2D eigenvalue weighted by atomic mass is 10.1. The molecule has 3 heteroatoms. The molecule has 3 rings (SSSR count). The number of benzene rings is 2. The highest BCUT2D eigenvalue weighted by atomic mass is 32.2. The molecule has 0 saturated carbocycles. The SMILES string of the molecule is CCN(Cc1ccccc1N)CC1Cc2ccccc2S1. The van der Waals surface area contributed by atoms with E-state index in [-0.39, 0.29) is 0 Å². The molecule has 1 aliphatic rings. The highest BCUT2D eigenvalue weighted by Crippen LogP contribution is 2.37. The predicted octanol–water partition coefficient (Wildman–Crippen LogP) is 3.81. The van der Waals surface area contributed by atoms with Gasteiger partial charge in [0, 0.05) is 28.9 Å². The van der Waals surface area contributed by atoms with Crippen LogP contribution in [0.2, 0.25) is 0 Å². The van der Waals surface area contributed by atoms with Crippen molar-refractivity contribution < 1.29 is 0 Å². The summed E-state index contributed by atoms with van der Waals surface area (Å²) in [5.41, 5.74) is 9.71. The minimum absolute atomic E-state index is 0.660.